The van der Waals surface area contributed by atoms with E-state index in [4.69, 9.17) is 16.0 Å². The molecule has 1 unspecified atom stereocenters. The SMILES string of the molecule is O=C1c2ccccc2NC(c2cccc(Cl)c2)N1Cc1ccco1. The molecule has 1 N–H and O–H groups in total. The molecule has 5 heteroatoms. The van der Waals surface area contributed by atoms with Gasteiger partial charge in [0.25, 0.3) is 5.91 Å². The van der Waals surface area contributed by atoms with Crippen LogP contribution in [0.5, 0.6) is 0 Å². The zero-order chi connectivity index (χ0) is 16.5. The van der Waals surface area contributed by atoms with E-state index < -0.39 is 0 Å². The number of nitrogens with one attached hydrogen (secondary N) is 1. The first-order chi connectivity index (χ1) is 11.7. The number of hydrogen-bond donors (Lipinski definition) is 1. The van der Waals surface area contributed by atoms with Gasteiger partial charge in [0.05, 0.1) is 18.4 Å². The molecule has 1 aromatic heterocycles. The van der Waals surface area contributed by atoms with Crippen LogP contribution in [0.1, 0.15) is 27.8 Å². The van der Waals surface area contributed by atoms with Gasteiger partial charge < -0.3 is 14.6 Å². The van der Waals surface area contributed by atoms with Gasteiger partial charge in [-0.05, 0) is 42.0 Å². The van der Waals surface area contributed by atoms with Gasteiger partial charge in [-0.2, -0.15) is 0 Å². The van der Waals surface area contributed by atoms with Crippen molar-refractivity contribution in [2.24, 2.45) is 0 Å². The minimum Gasteiger partial charge on any atom is -0.467 e. The Hall–Kier alpha value is -2.72. The summed E-state index contributed by atoms with van der Waals surface area (Å²) in [5, 5.41) is 4.08. The molecule has 0 spiro atoms. The van der Waals surface area contributed by atoms with Crippen molar-refractivity contribution in [3.8, 4) is 0 Å². The second-order valence-electron chi connectivity index (χ2n) is 5.66. The predicted molar refractivity (Wildman–Crippen MR) is 92.8 cm³/mol. The third-order valence-corrected chi connectivity index (χ3v) is 4.33. The van der Waals surface area contributed by atoms with Crippen molar-refractivity contribution in [2.45, 2.75) is 12.7 Å². The minimum absolute atomic E-state index is 0.0364. The van der Waals surface area contributed by atoms with Crippen LogP contribution in [-0.2, 0) is 6.54 Å². The highest BCUT2D eigenvalue weighted by Gasteiger charge is 2.33. The number of para-hydroxylation sites is 1. The van der Waals surface area contributed by atoms with E-state index in [1.165, 1.54) is 0 Å². The Bertz CT molecular complexity index is 877. The number of rotatable bonds is 3. The lowest BCUT2D eigenvalue weighted by Crippen LogP contribution is -2.42. The third kappa shape index (κ3) is 2.65. The topological polar surface area (TPSA) is 45.5 Å². The monoisotopic (exact) mass is 338 g/mol. The van der Waals surface area contributed by atoms with Crippen LogP contribution >= 0.6 is 11.6 Å². The third-order valence-electron chi connectivity index (χ3n) is 4.09. The number of benzene rings is 2. The number of carbonyl (C=O) groups excluding carboxylic acids is 1. The molecular formula is C19H15ClN2O2. The van der Waals surface area contributed by atoms with Gasteiger partial charge in [0.2, 0.25) is 0 Å². The van der Waals surface area contributed by atoms with Crippen LogP contribution in [0.2, 0.25) is 5.02 Å². The van der Waals surface area contributed by atoms with Crippen molar-refractivity contribution in [1.82, 2.24) is 4.90 Å². The van der Waals surface area contributed by atoms with Crippen LogP contribution < -0.4 is 5.32 Å². The van der Waals surface area contributed by atoms with Crippen LogP contribution in [0, 0.1) is 0 Å². The van der Waals surface area contributed by atoms with Gasteiger partial charge in [-0.1, -0.05) is 35.9 Å². The molecule has 0 fully saturated rings. The smallest absolute Gasteiger partial charge is 0.258 e. The fourth-order valence-electron chi connectivity index (χ4n) is 2.97. The first kappa shape index (κ1) is 14.8. The van der Waals surface area contributed by atoms with Crippen LogP contribution in [-0.4, -0.2) is 10.8 Å². The van der Waals surface area contributed by atoms with E-state index >= 15 is 0 Å². The van der Waals surface area contributed by atoms with Crippen LogP contribution in [0.3, 0.4) is 0 Å². The fraction of sp³-hybridized carbons (Fsp3) is 0.105. The number of fused-ring (bicyclic) bond motifs is 1. The Morgan fingerprint density at radius 1 is 1.08 bits per heavy atom. The van der Waals surface area contributed by atoms with Gasteiger partial charge in [-0.25, -0.2) is 0 Å². The highest BCUT2D eigenvalue weighted by molar-refractivity contribution is 6.30. The van der Waals surface area contributed by atoms with E-state index in [0.29, 0.717) is 17.1 Å². The van der Waals surface area contributed by atoms with Crippen molar-refractivity contribution in [2.75, 3.05) is 5.32 Å². The molecule has 4 rings (SSSR count). The summed E-state index contributed by atoms with van der Waals surface area (Å²) in [4.78, 5) is 14.8. The predicted octanol–water partition coefficient (Wildman–Crippen LogP) is 4.70. The maximum Gasteiger partial charge on any atom is 0.258 e. The molecule has 1 atom stereocenters. The molecule has 0 saturated carbocycles. The second kappa shape index (κ2) is 6.06. The van der Waals surface area contributed by atoms with Gasteiger partial charge in [0.15, 0.2) is 0 Å². The molecule has 2 heterocycles. The van der Waals surface area contributed by atoms with Gasteiger partial charge in [-0.3, -0.25) is 4.79 Å². The summed E-state index contributed by atoms with van der Waals surface area (Å²) in [6.07, 6.45) is 1.30. The summed E-state index contributed by atoms with van der Waals surface area (Å²) in [6, 6.07) is 18.7. The van der Waals surface area contributed by atoms with Gasteiger partial charge in [-0.15, -0.1) is 0 Å². The first-order valence-electron chi connectivity index (χ1n) is 7.67. The summed E-state index contributed by atoms with van der Waals surface area (Å²) in [5.41, 5.74) is 2.41. The standard InChI is InChI=1S/C19H15ClN2O2/c20-14-6-3-5-13(11-14)18-21-17-9-2-1-8-16(17)19(23)22(18)12-15-7-4-10-24-15/h1-11,18,21H,12H2. The number of anilines is 1. The summed E-state index contributed by atoms with van der Waals surface area (Å²) in [5.74, 6) is 0.697. The largest absolute Gasteiger partial charge is 0.467 e. The average molecular weight is 339 g/mol. The molecule has 4 nitrogen and oxygen atoms in total. The number of hydrogen-bond acceptors (Lipinski definition) is 3. The molecule has 1 aliphatic heterocycles. The quantitative estimate of drug-likeness (QED) is 0.753. The molecule has 24 heavy (non-hydrogen) atoms. The summed E-state index contributed by atoms with van der Waals surface area (Å²) in [6.45, 7) is 0.379. The van der Waals surface area contributed by atoms with Crippen molar-refractivity contribution in [3.05, 3.63) is 88.8 Å². The normalized spacial score (nSPS) is 16.6. The molecular weight excluding hydrogens is 324 g/mol. The van der Waals surface area contributed by atoms with Crippen LogP contribution in [0.15, 0.2) is 71.3 Å². The van der Waals surface area contributed by atoms with E-state index in [1.54, 1.807) is 11.2 Å². The number of halogens is 1. The Morgan fingerprint density at radius 2 is 1.96 bits per heavy atom. The number of amides is 1. The van der Waals surface area contributed by atoms with Gasteiger partial charge in [0, 0.05) is 10.7 Å². The maximum atomic E-state index is 13.0. The zero-order valence-corrected chi connectivity index (χ0v) is 13.5. The lowest BCUT2D eigenvalue weighted by atomic mass is 10.0. The van der Waals surface area contributed by atoms with Crippen molar-refractivity contribution in [1.29, 1.82) is 0 Å². The Labute approximate surface area is 144 Å². The van der Waals surface area contributed by atoms with Crippen molar-refractivity contribution >= 4 is 23.2 Å². The van der Waals surface area contributed by atoms with Crippen molar-refractivity contribution in [3.63, 3.8) is 0 Å². The Kier molecular flexibility index (Phi) is 3.75. The van der Waals surface area contributed by atoms with E-state index in [1.807, 2.05) is 60.7 Å². The van der Waals surface area contributed by atoms with E-state index in [2.05, 4.69) is 5.32 Å². The Balaban J connectivity index is 1.78. The van der Waals surface area contributed by atoms with E-state index in [9.17, 15) is 4.79 Å². The van der Waals surface area contributed by atoms with Crippen LogP contribution in [0.25, 0.3) is 0 Å². The highest BCUT2D eigenvalue weighted by atomic mass is 35.5. The summed E-state index contributed by atoms with van der Waals surface area (Å²) < 4.78 is 5.43. The molecule has 0 bridgehead atoms. The maximum absolute atomic E-state index is 13.0. The van der Waals surface area contributed by atoms with Gasteiger partial charge >= 0.3 is 0 Å². The lowest BCUT2D eigenvalue weighted by Gasteiger charge is -2.37. The van der Waals surface area contributed by atoms with Crippen molar-refractivity contribution < 1.29 is 9.21 Å². The molecule has 0 aliphatic carbocycles. The lowest BCUT2D eigenvalue weighted by molar-refractivity contribution is 0.0651. The summed E-state index contributed by atoms with van der Waals surface area (Å²) in [7, 11) is 0. The second-order valence-corrected chi connectivity index (χ2v) is 6.10. The van der Waals surface area contributed by atoms with Gasteiger partial charge in [0.1, 0.15) is 11.9 Å². The first-order valence-corrected chi connectivity index (χ1v) is 8.04. The highest BCUT2D eigenvalue weighted by Crippen LogP contribution is 2.34. The molecule has 1 aliphatic rings. The fourth-order valence-corrected chi connectivity index (χ4v) is 3.16. The molecule has 0 radical (unpaired) electrons. The zero-order valence-electron chi connectivity index (χ0n) is 12.8. The number of nitrogens with zero attached hydrogens (tertiary/aromatic N) is 1. The van der Waals surface area contributed by atoms with Crippen LogP contribution in [0.4, 0.5) is 5.69 Å². The molecule has 3 aromatic rings. The molecule has 0 saturated heterocycles. The molecule has 1 amide bonds. The number of furan rings is 1. The van der Waals surface area contributed by atoms with E-state index in [0.717, 1.165) is 17.0 Å². The molecule has 2 aromatic carbocycles. The average Bonchev–Trinajstić information content (AvgIpc) is 3.10. The number of carbonyl (C=O) groups is 1. The summed E-state index contributed by atoms with van der Waals surface area (Å²) >= 11 is 6.14. The van der Waals surface area contributed by atoms with E-state index in [-0.39, 0.29) is 12.1 Å². The Morgan fingerprint density at radius 3 is 2.75 bits per heavy atom. The molecule has 120 valence electrons. The minimum atomic E-state index is -0.309.